The van der Waals surface area contributed by atoms with E-state index >= 15 is 0 Å². The molecular weight excluding hydrogens is 232 g/mol. The van der Waals surface area contributed by atoms with Gasteiger partial charge in [0.1, 0.15) is 10.1 Å². The van der Waals surface area contributed by atoms with Crippen molar-refractivity contribution in [3.8, 4) is 0 Å². The summed E-state index contributed by atoms with van der Waals surface area (Å²) in [4.78, 5) is -0.157. The Balaban J connectivity index is 0.00000112. The maximum atomic E-state index is 10.9. The maximum Gasteiger partial charge on any atom is 0.125 e. The minimum absolute atomic E-state index is 0. The van der Waals surface area contributed by atoms with E-state index < -0.39 is 10.1 Å². The average molecular weight is 242 g/mol. The summed E-state index contributed by atoms with van der Waals surface area (Å²) in [5.74, 6) is 0. The Hall–Kier alpha value is -1.04. The van der Waals surface area contributed by atoms with Crippen molar-refractivity contribution in [2.45, 2.75) is 4.90 Å². The number of fused-ring (bicyclic) bond motifs is 1. The topological polar surface area (TPSA) is 57.2 Å². The highest BCUT2D eigenvalue weighted by atomic mass is 32.2. The lowest BCUT2D eigenvalue weighted by atomic mass is 10.1. The van der Waals surface area contributed by atoms with E-state index in [1.54, 1.807) is 36.4 Å². The molecule has 2 rings (SSSR count). The summed E-state index contributed by atoms with van der Waals surface area (Å²) in [5, 5.41) is 1.23. The molecule has 0 fully saturated rings. The first-order chi connectivity index (χ1) is 6.59. The minimum atomic E-state index is -4.38. The van der Waals surface area contributed by atoms with Crippen LogP contribution in [0.4, 0.5) is 0 Å². The van der Waals surface area contributed by atoms with Crippen LogP contribution in [0.25, 0.3) is 10.8 Å². The second-order valence-electron chi connectivity index (χ2n) is 2.93. The summed E-state index contributed by atoms with van der Waals surface area (Å²) >= 11 is 0. The molecule has 0 saturated heterocycles. The van der Waals surface area contributed by atoms with Gasteiger partial charge in [0, 0.05) is 0 Å². The minimum Gasteiger partial charge on any atom is -0.744 e. The van der Waals surface area contributed by atoms with Crippen molar-refractivity contribution in [1.29, 1.82) is 0 Å². The fourth-order valence-corrected chi connectivity index (χ4v) is 2.11. The first kappa shape index (κ1) is 12.0. The van der Waals surface area contributed by atoms with Crippen molar-refractivity contribution in [3.05, 3.63) is 42.5 Å². The number of rotatable bonds is 1. The van der Waals surface area contributed by atoms with Crippen LogP contribution in [0.5, 0.6) is 0 Å². The molecule has 0 atom stereocenters. The van der Waals surface area contributed by atoms with Crippen LogP contribution in [-0.2, 0) is 23.6 Å². The van der Waals surface area contributed by atoms with Gasteiger partial charge in [-0.2, -0.15) is 0 Å². The summed E-state index contributed by atoms with van der Waals surface area (Å²) in [6.45, 7) is 0. The zero-order valence-corrected chi connectivity index (χ0v) is 9.72. The molecule has 80 valence electrons. The predicted octanol–water partition coefficient (Wildman–Crippen LogP) is 0.938. The van der Waals surface area contributed by atoms with E-state index in [0.717, 1.165) is 5.39 Å². The fraction of sp³-hybridized carbons (Fsp3) is 0. The molecule has 0 unspecified atom stereocenters. The maximum absolute atomic E-state index is 10.9. The fourth-order valence-electron chi connectivity index (χ4n) is 1.41. The van der Waals surface area contributed by atoms with E-state index in [9.17, 15) is 13.0 Å². The third kappa shape index (κ3) is 2.31. The van der Waals surface area contributed by atoms with Gasteiger partial charge in [0.15, 0.2) is 0 Å². The SMILES string of the molecule is O=S(=O)([O-])c1cccc2ccccc12.[SH3+]. The van der Waals surface area contributed by atoms with Crippen LogP contribution in [0.2, 0.25) is 0 Å². The molecule has 0 N–H and O–H groups in total. The molecule has 0 bridgehead atoms. The molecule has 0 aliphatic rings. The lowest BCUT2D eigenvalue weighted by Gasteiger charge is -2.09. The van der Waals surface area contributed by atoms with Crippen molar-refractivity contribution in [1.82, 2.24) is 0 Å². The Morgan fingerprint density at radius 3 is 2.20 bits per heavy atom. The van der Waals surface area contributed by atoms with Crippen molar-refractivity contribution < 1.29 is 13.0 Å². The molecule has 0 saturated carbocycles. The van der Waals surface area contributed by atoms with Gasteiger partial charge in [-0.1, -0.05) is 49.9 Å². The number of benzene rings is 2. The summed E-state index contributed by atoms with van der Waals surface area (Å²) in [5.41, 5.74) is 0. The summed E-state index contributed by atoms with van der Waals surface area (Å²) in [6, 6.07) is 11.5. The highest BCUT2D eigenvalue weighted by Crippen LogP contribution is 2.21. The van der Waals surface area contributed by atoms with E-state index in [1.165, 1.54) is 6.07 Å². The zero-order chi connectivity index (χ0) is 10.2. The van der Waals surface area contributed by atoms with Crippen LogP contribution < -0.4 is 0 Å². The van der Waals surface area contributed by atoms with Crippen LogP contribution in [0.1, 0.15) is 0 Å². The van der Waals surface area contributed by atoms with Crippen molar-refractivity contribution >= 4 is 34.4 Å². The molecule has 0 aliphatic carbocycles. The average Bonchev–Trinajstić information content (AvgIpc) is 2.15. The first-order valence-corrected chi connectivity index (χ1v) is 5.43. The van der Waals surface area contributed by atoms with Gasteiger partial charge >= 0.3 is 0 Å². The lowest BCUT2D eigenvalue weighted by Crippen LogP contribution is -1.98. The standard InChI is InChI=1S/C10H8O3S.H2S/c11-14(12,13)10-7-3-5-8-4-1-2-6-9(8)10;/h1-7H,(H,11,12,13);1H2. The summed E-state index contributed by atoms with van der Waals surface area (Å²) < 4.78 is 32.7. The van der Waals surface area contributed by atoms with E-state index in [2.05, 4.69) is 0 Å². The molecule has 0 aliphatic heterocycles. The Bertz CT molecular complexity index is 571. The molecule has 5 heteroatoms. The molecule has 0 heterocycles. The molecule has 2 aromatic rings. The summed E-state index contributed by atoms with van der Waals surface area (Å²) in [7, 11) is -4.38. The van der Waals surface area contributed by atoms with E-state index in [0.29, 0.717) is 5.39 Å². The largest absolute Gasteiger partial charge is 0.744 e. The van der Waals surface area contributed by atoms with Crippen LogP contribution >= 0.6 is 0 Å². The normalized spacial score (nSPS) is 11.0. The van der Waals surface area contributed by atoms with Crippen LogP contribution in [-0.4, -0.2) is 13.0 Å². The molecule has 0 aromatic heterocycles. The Labute approximate surface area is 94.9 Å². The number of hydrogen-bond donors (Lipinski definition) is 0. The van der Waals surface area contributed by atoms with Crippen molar-refractivity contribution in [3.63, 3.8) is 0 Å². The molecule has 3 nitrogen and oxygen atoms in total. The Morgan fingerprint density at radius 1 is 0.933 bits per heavy atom. The predicted molar refractivity (Wildman–Crippen MR) is 63.5 cm³/mol. The molecule has 0 radical (unpaired) electrons. The Morgan fingerprint density at radius 2 is 1.53 bits per heavy atom. The molecule has 0 spiro atoms. The van der Waals surface area contributed by atoms with Crippen LogP contribution in [0, 0.1) is 0 Å². The number of hydrogen-bond acceptors (Lipinski definition) is 3. The van der Waals surface area contributed by atoms with Crippen molar-refractivity contribution in [2.75, 3.05) is 0 Å². The molecule has 15 heavy (non-hydrogen) atoms. The smallest absolute Gasteiger partial charge is 0.125 e. The highest BCUT2D eigenvalue weighted by molar-refractivity contribution is 7.86. The van der Waals surface area contributed by atoms with Gasteiger partial charge in [-0.05, 0) is 16.8 Å². The molecule has 0 amide bonds. The highest BCUT2D eigenvalue weighted by Gasteiger charge is 2.05. The van der Waals surface area contributed by atoms with E-state index in [1.807, 2.05) is 0 Å². The van der Waals surface area contributed by atoms with Gasteiger partial charge in [0.2, 0.25) is 0 Å². The molecule has 2 aromatic carbocycles. The van der Waals surface area contributed by atoms with Crippen LogP contribution in [0.3, 0.4) is 0 Å². The van der Waals surface area contributed by atoms with Gasteiger partial charge in [-0.25, -0.2) is 8.42 Å². The third-order valence-electron chi connectivity index (χ3n) is 2.02. The Kier molecular flexibility index (Phi) is 3.38. The van der Waals surface area contributed by atoms with Gasteiger partial charge < -0.3 is 4.55 Å². The monoisotopic (exact) mass is 242 g/mol. The quantitative estimate of drug-likeness (QED) is 0.552. The van der Waals surface area contributed by atoms with Crippen LogP contribution in [0.15, 0.2) is 47.4 Å². The second-order valence-corrected chi connectivity index (χ2v) is 4.28. The van der Waals surface area contributed by atoms with Gasteiger partial charge in [0.25, 0.3) is 0 Å². The third-order valence-corrected chi connectivity index (χ3v) is 2.91. The summed E-state index contributed by atoms with van der Waals surface area (Å²) in [6.07, 6.45) is 0. The molecular formula is C10H10O3S2. The van der Waals surface area contributed by atoms with Gasteiger partial charge in [-0.15, -0.1) is 0 Å². The van der Waals surface area contributed by atoms with E-state index in [4.69, 9.17) is 0 Å². The van der Waals surface area contributed by atoms with Gasteiger partial charge in [-0.3, -0.25) is 0 Å². The first-order valence-electron chi connectivity index (χ1n) is 4.03. The second kappa shape index (κ2) is 4.22. The lowest BCUT2D eigenvalue weighted by molar-refractivity contribution is 0.464. The van der Waals surface area contributed by atoms with Crippen molar-refractivity contribution in [2.24, 2.45) is 0 Å². The zero-order valence-electron chi connectivity index (χ0n) is 7.75. The van der Waals surface area contributed by atoms with E-state index in [-0.39, 0.29) is 18.4 Å². The van der Waals surface area contributed by atoms with Gasteiger partial charge in [0.05, 0.1) is 4.90 Å².